The fourth-order valence-electron chi connectivity index (χ4n) is 3.97. The average Bonchev–Trinajstić information content (AvgIpc) is 3.17. The van der Waals surface area contributed by atoms with E-state index in [-0.39, 0.29) is 6.10 Å². The van der Waals surface area contributed by atoms with Crippen molar-refractivity contribution >= 4 is 0 Å². The highest BCUT2D eigenvalue weighted by atomic mass is 16.3. The van der Waals surface area contributed by atoms with Crippen LogP contribution in [0, 0.1) is 0 Å². The zero-order chi connectivity index (χ0) is 17.8. The van der Waals surface area contributed by atoms with E-state index in [0.29, 0.717) is 5.92 Å². The van der Waals surface area contributed by atoms with E-state index in [1.165, 1.54) is 32.1 Å². The molecule has 4 rings (SSSR count). The number of aromatic nitrogens is 5. The first-order valence-corrected chi connectivity index (χ1v) is 9.91. The molecule has 0 radical (unpaired) electrons. The Morgan fingerprint density at radius 3 is 2.42 bits per heavy atom. The number of aliphatic hydroxyl groups excluding tert-OH is 1. The van der Waals surface area contributed by atoms with Crippen LogP contribution in [0.5, 0.6) is 0 Å². The molecule has 2 fully saturated rings. The van der Waals surface area contributed by atoms with Crippen LogP contribution in [-0.4, -0.2) is 60.7 Å². The van der Waals surface area contributed by atoms with Gasteiger partial charge < -0.3 is 10.0 Å². The normalized spacial score (nSPS) is 20.5. The summed E-state index contributed by atoms with van der Waals surface area (Å²) < 4.78 is 1.88. The molecule has 26 heavy (non-hydrogen) atoms. The molecule has 0 atom stereocenters. The smallest absolute Gasteiger partial charge is 0.131 e. The summed E-state index contributed by atoms with van der Waals surface area (Å²) in [6.45, 7) is 3.66. The molecule has 1 saturated carbocycles. The summed E-state index contributed by atoms with van der Waals surface area (Å²) in [5, 5.41) is 18.1. The number of rotatable bonds is 5. The summed E-state index contributed by atoms with van der Waals surface area (Å²) >= 11 is 0. The Morgan fingerprint density at radius 2 is 1.69 bits per heavy atom. The molecule has 2 aromatic heterocycles. The van der Waals surface area contributed by atoms with Crippen LogP contribution in [0.3, 0.4) is 0 Å². The third-order valence-electron chi connectivity index (χ3n) is 5.68. The number of nitrogens with zero attached hydrogens (tertiary/aromatic N) is 6. The Labute approximate surface area is 154 Å². The number of hydrogen-bond donors (Lipinski definition) is 1. The van der Waals surface area contributed by atoms with Crippen LogP contribution >= 0.6 is 0 Å². The molecule has 0 aromatic carbocycles. The van der Waals surface area contributed by atoms with Crippen molar-refractivity contribution in [1.29, 1.82) is 0 Å². The van der Waals surface area contributed by atoms with E-state index in [1.807, 2.05) is 23.3 Å². The highest BCUT2D eigenvalue weighted by molar-refractivity contribution is 5.54. The van der Waals surface area contributed by atoms with Gasteiger partial charge >= 0.3 is 0 Å². The number of aliphatic hydroxyl groups is 1. The first-order valence-electron chi connectivity index (χ1n) is 9.91. The standard InChI is InChI=1S/C19H28N6O/c26-17-6-8-24(9-7-17)10-11-25-14-18(22-23-25)16-12-20-19(21-13-16)15-4-2-1-3-5-15/h12-15,17,26H,1-11H2. The third kappa shape index (κ3) is 4.27. The van der Waals surface area contributed by atoms with Gasteiger partial charge in [0, 0.05) is 43.5 Å². The van der Waals surface area contributed by atoms with Crippen molar-refractivity contribution in [3.63, 3.8) is 0 Å². The number of piperidine rings is 1. The van der Waals surface area contributed by atoms with Crippen LogP contribution in [-0.2, 0) is 6.54 Å². The monoisotopic (exact) mass is 356 g/mol. The largest absolute Gasteiger partial charge is 0.393 e. The van der Waals surface area contributed by atoms with Crippen LogP contribution in [0.1, 0.15) is 56.7 Å². The van der Waals surface area contributed by atoms with Crippen molar-refractivity contribution in [2.45, 2.75) is 63.5 Å². The lowest BCUT2D eigenvalue weighted by atomic mass is 9.89. The van der Waals surface area contributed by atoms with E-state index in [1.54, 1.807) is 0 Å². The Kier molecular flexibility index (Phi) is 5.55. The predicted octanol–water partition coefficient (Wildman–Crippen LogP) is 2.24. The highest BCUT2D eigenvalue weighted by Gasteiger charge is 2.19. The van der Waals surface area contributed by atoms with Crippen molar-refractivity contribution in [2.75, 3.05) is 19.6 Å². The first kappa shape index (κ1) is 17.5. The van der Waals surface area contributed by atoms with Gasteiger partial charge in [0.2, 0.25) is 0 Å². The molecule has 140 valence electrons. The molecule has 7 heteroatoms. The number of likely N-dealkylation sites (tertiary alicyclic amines) is 1. The molecule has 1 N–H and O–H groups in total. The molecular formula is C19H28N6O. The fourth-order valence-corrected chi connectivity index (χ4v) is 3.97. The van der Waals surface area contributed by atoms with Gasteiger partial charge in [-0.2, -0.15) is 0 Å². The minimum absolute atomic E-state index is 0.124. The molecule has 0 amide bonds. The van der Waals surface area contributed by atoms with Gasteiger partial charge in [-0.15, -0.1) is 5.10 Å². The van der Waals surface area contributed by atoms with E-state index >= 15 is 0 Å². The van der Waals surface area contributed by atoms with E-state index in [2.05, 4.69) is 25.2 Å². The van der Waals surface area contributed by atoms with E-state index in [9.17, 15) is 5.11 Å². The molecule has 1 aliphatic carbocycles. The molecular weight excluding hydrogens is 328 g/mol. The van der Waals surface area contributed by atoms with Gasteiger partial charge in [0.25, 0.3) is 0 Å². The highest BCUT2D eigenvalue weighted by Crippen LogP contribution is 2.30. The minimum Gasteiger partial charge on any atom is -0.393 e. The van der Waals surface area contributed by atoms with Crippen molar-refractivity contribution in [1.82, 2.24) is 29.9 Å². The summed E-state index contributed by atoms with van der Waals surface area (Å²) in [5.74, 6) is 1.50. The third-order valence-corrected chi connectivity index (χ3v) is 5.68. The maximum Gasteiger partial charge on any atom is 0.131 e. The van der Waals surface area contributed by atoms with Crippen molar-refractivity contribution in [3.8, 4) is 11.3 Å². The summed E-state index contributed by atoms with van der Waals surface area (Å²) in [5.41, 5.74) is 1.76. The van der Waals surface area contributed by atoms with Gasteiger partial charge in [-0.3, -0.25) is 4.68 Å². The maximum atomic E-state index is 9.58. The first-order chi connectivity index (χ1) is 12.8. The summed E-state index contributed by atoms with van der Waals surface area (Å²) in [7, 11) is 0. The predicted molar refractivity (Wildman–Crippen MR) is 98.6 cm³/mol. The molecule has 7 nitrogen and oxygen atoms in total. The molecule has 0 bridgehead atoms. The zero-order valence-electron chi connectivity index (χ0n) is 15.3. The summed E-state index contributed by atoms with van der Waals surface area (Å²) in [4.78, 5) is 11.6. The molecule has 0 spiro atoms. The lowest BCUT2D eigenvalue weighted by Crippen LogP contribution is -2.37. The maximum absolute atomic E-state index is 9.58. The van der Waals surface area contributed by atoms with Crippen molar-refractivity contribution < 1.29 is 5.11 Å². The van der Waals surface area contributed by atoms with Gasteiger partial charge in [-0.25, -0.2) is 9.97 Å². The molecule has 0 unspecified atom stereocenters. The molecule has 1 saturated heterocycles. The lowest BCUT2D eigenvalue weighted by molar-refractivity contribution is 0.0804. The van der Waals surface area contributed by atoms with E-state index in [4.69, 9.17) is 0 Å². The summed E-state index contributed by atoms with van der Waals surface area (Å²) in [6.07, 6.45) is 13.7. The second-order valence-electron chi connectivity index (χ2n) is 7.60. The van der Waals surface area contributed by atoms with Gasteiger partial charge in [-0.1, -0.05) is 24.5 Å². The topological polar surface area (TPSA) is 80.0 Å². The quantitative estimate of drug-likeness (QED) is 0.885. The number of hydrogen-bond acceptors (Lipinski definition) is 6. The minimum atomic E-state index is -0.124. The average molecular weight is 356 g/mol. The Morgan fingerprint density at radius 1 is 0.962 bits per heavy atom. The van der Waals surface area contributed by atoms with Crippen LogP contribution in [0.4, 0.5) is 0 Å². The van der Waals surface area contributed by atoms with Gasteiger partial charge in [0.05, 0.1) is 18.8 Å². The van der Waals surface area contributed by atoms with Crippen LogP contribution in [0.15, 0.2) is 18.6 Å². The van der Waals surface area contributed by atoms with Gasteiger partial charge in [0.1, 0.15) is 11.5 Å². The molecule has 2 aromatic rings. The zero-order valence-corrected chi connectivity index (χ0v) is 15.3. The fraction of sp³-hybridized carbons (Fsp3) is 0.684. The Balaban J connectivity index is 1.33. The lowest BCUT2D eigenvalue weighted by Gasteiger charge is -2.29. The Hall–Kier alpha value is -1.86. The Bertz CT molecular complexity index is 686. The van der Waals surface area contributed by atoms with Crippen molar-refractivity contribution in [3.05, 3.63) is 24.4 Å². The summed E-state index contributed by atoms with van der Waals surface area (Å²) in [6, 6.07) is 0. The van der Waals surface area contributed by atoms with Gasteiger partial charge in [-0.05, 0) is 25.7 Å². The second kappa shape index (κ2) is 8.22. The van der Waals surface area contributed by atoms with Crippen molar-refractivity contribution in [2.24, 2.45) is 0 Å². The van der Waals surface area contributed by atoms with Crippen LogP contribution in [0.25, 0.3) is 11.3 Å². The molecule has 3 heterocycles. The van der Waals surface area contributed by atoms with Crippen LogP contribution < -0.4 is 0 Å². The SMILES string of the molecule is OC1CCN(CCn2cc(-c3cnc(C4CCCCC4)nc3)nn2)CC1. The molecule has 1 aliphatic heterocycles. The van der Waals surface area contributed by atoms with E-state index in [0.717, 1.165) is 56.1 Å². The molecule has 2 aliphatic rings. The van der Waals surface area contributed by atoms with Crippen LogP contribution in [0.2, 0.25) is 0 Å². The second-order valence-corrected chi connectivity index (χ2v) is 7.60. The van der Waals surface area contributed by atoms with Gasteiger partial charge in [0.15, 0.2) is 0 Å². The van der Waals surface area contributed by atoms with E-state index < -0.39 is 0 Å².